The molecule has 0 aliphatic rings. The van der Waals surface area contributed by atoms with Gasteiger partial charge in [-0.15, -0.1) is 10.1 Å². The van der Waals surface area contributed by atoms with E-state index in [1.165, 1.54) is 53.7 Å². The predicted molar refractivity (Wildman–Crippen MR) is 197 cm³/mol. The smallest absolute Gasteiger partial charge is 0.347 e. The number of esters is 3. The molecule has 1 aromatic heterocycles. The molecule has 1 heterocycles. The van der Waals surface area contributed by atoms with Gasteiger partial charge in [0.25, 0.3) is 5.09 Å². The van der Waals surface area contributed by atoms with Gasteiger partial charge in [-0.05, 0) is 78.7 Å². The van der Waals surface area contributed by atoms with E-state index in [9.17, 15) is 34.1 Å². The summed E-state index contributed by atoms with van der Waals surface area (Å²) in [7, 11) is 3.09. The molecule has 0 aliphatic heterocycles. The maximum Gasteiger partial charge on any atom is 0.347 e. The van der Waals surface area contributed by atoms with Crippen LogP contribution < -0.4 is 14.2 Å². The van der Waals surface area contributed by atoms with Gasteiger partial charge in [-0.1, -0.05) is 69.3 Å². The highest BCUT2D eigenvalue weighted by molar-refractivity contribution is 7.80. The van der Waals surface area contributed by atoms with Crippen molar-refractivity contribution in [3.05, 3.63) is 134 Å². The van der Waals surface area contributed by atoms with Crippen LogP contribution in [0.3, 0.4) is 0 Å². The lowest BCUT2D eigenvalue weighted by atomic mass is 10.2. The summed E-state index contributed by atoms with van der Waals surface area (Å²) in [6.07, 6.45) is 0.00495. The summed E-state index contributed by atoms with van der Waals surface area (Å²) in [6, 6.07) is 26.9. The van der Waals surface area contributed by atoms with Crippen LogP contribution in [0.4, 0.5) is 0 Å². The SMILES string of the molecule is CC(=O)Oc1ccccc1C(=O)O.O=C(CCCO[N+](=O)[O-])Oc1ccccc1C(=O)Oc1ccc(-c2cc(=S)ss2)cc1.O=C(O)c1ccccc1O. The average molecular weight is 796 g/mol. The minimum atomic E-state index is -1.11. The molecule has 0 atom stereocenters. The number of aromatic hydroxyl groups is 1. The molecule has 0 amide bonds. The second-order valence-electron chi connectivity index (χ2n) is 10.3. The molecular weight excluding hydrogens is 767 g/mol. The topological polar surface area (TPSA) is 226 Å². The monoisotopic (exact) mass is 795 g/mol. The van der Waals surface area contributed by atoms with Gasteiger partial charge in [-0.3, -0.25) is 9.59 Å². The van der Waals surface area contributed by atoms with E-state index in [2.05, 4.69) is 9.57 Å². The van der Waals surface area contributed by atoms with Crippen molar-refractivity contribution in [2.45, 2.75) is 19.8 Å². The van der Waals surface area contributed by atoms with Crippen molar-refractivity contribution in [3.63, 3.8) is 0 Å². The van der Waals surface area contributed by atoms with Crippen LogP contribution >= 0.6 is 32.9 Å². The van der Waals surface area contributed by atoms with Crippen LogP contribution in [0.25, 0.3) is 10.4 Å². The van der Waals surface area contributed by atoms with E-state index in [1.54, 1.807) is 58.9 Å². The molecule has 0 unspecified atom stereocenters. The van der Waals surface area contributed by atoms with Crippen LogP contribution in [0.15, 0.2) is 103 Å². The fraction of sp³-hybridized carbons (Fsp3) is 0.111. The summed E-state index contributed by atoms with van der Waals surface area (Å²) in [5.41, 5.74) is 0.963. The number of para-hydroxylation sites is 3. The van der Waals surface area contributed by atoms with Gasteiger partial charge in [0.15, 0.2) is 0 Å². The highest BCUT2D eigenvalue weighted by Crippen LogP contribution is 2.31. The fourth-order valence-corrected chi connectivity index (χ4v) is 6.42. The summed E-state index contributed by atoms with van der Waals surface area (Å²) in [4.78, 5) is 71.3. The molecular formula is C36H29NO14S3. The van der Waals surface area contributed by atoms with E-state index in [1.807, 2.05) is 18.2 Å². The molecule has 280 valence electrons. The van der Waals surface area contributed by atoms with E-state index in [0.717, 1.165) is 14.3 Å². The van der Waals surface area contributed by atoms with Gasteiger partial charge in [0.05, 0.1) is 6.61 Å². The molecule has 0 bridgehead atoms. The van der Waals surface area contributed by atoms with E-state index in [0.29, 0.717) is 5.75 Å². The van der Waals surface area contributed by atoms with Crippen LogP contribution in [0.5, 0.6) is 23.0 Å². The first kappa shape index (κ1) is 41.9. The second kappa shape index (κ2) is 21.1. The molecule has 0 fully saturated rings. The molecule has 3 N–H and O–H groups in total. The molecule has 0 spiro atoms. The Morgan fingerprint density at radius 1 is 0.741 bits per heavy atom. The maximum absolute atomic E-state index is 12.6. The van der Waals surface area contributed by atoms with Crippen LogP contribution in [0.2, 0.25) is 0 Å². The van der Waals surface area contributed by atoms with Gasteiger partial charge >= 0.3 is 29.8 Å². The van der Waals surface area contributed by atoms with Gasteiger partial charge in [0.2, 0.25) is 0 Å². The first-order valence-electron chi connectivity index (χ1n) is 15.3. The van der Waals surface area contributed by atoms with E-state index >= 15 is 0 Å². The second-order valence-corrected chi connectivity index (χ2v) is 13.2. The van der Waals surface area contributed by atoms with Crippen LogP contribution in [0, 0.1) is 13.9 Å². The van der Waals surface area contributed by atoms with Gasteiger partial charge < -0.3 is 34.4 Å². The molecule has 15 nitrogen and oxygen atoms in total. The third kappa shape index (κ3) is 13.9. The molecule has 0 saturated carbocycles. The van der Waals surface area contributed by atoms with Crippen molar-refractivity contribution in [3.8, 4) is 33.4 Å². The molecule has 0 aliphatic carbocycles. The van der Waals surface area contributed by atoms with Crippen LogP contribution in [0.1, 0.15) is 50.8 Å². The largest absolute Gasteiger partial charge is 0.507 e. The van der Waals surface area contributed by atoms with Crippen molar-refractivity contribution >= 4 is 62.7 Å². The maximum atomic E-state index is 12.6. The lowest BCUT2D eigenvalue weighted by molar-refractivity contribution is -0.757. The van der Waals surface area contributed by atoms with Gasteiger partial charge in [0, 0.05) is 18.2 Å². The molecule has 18 heteroatoms. The van der Waals surface area contributed by atoms with Gasteiger partial charge in [0.1, 0.15) is 43.5 Å². The lowest BCUT2D eigenvalue weighted by Gasteiger charge is -2.10. The number of hydrogen-bond acceptors (Lipinski definition) is 15. The first-order valence-corrected chi connectivity index (χ1v) is 17.8. The number of carbonyl (C=O) groups is 5. The summed E-state index contributed by atoms with van der Waals surface area (Å²) >= 11 is 5.14. The first-order chi connectivity index (χ1) is 25.7. The van der Waals surface area contributed by atoms with Crippen LogP contribution in [-0.2, 0) is 14.4 Å². The third-order valence-electron chi connectivity index (χ3n) is 6.37. The molecule has 5 rings (SSSR count). The zero-order chi connectivity index (χ0) is 39.6. The van der Waals surface area contributed by atoms with Gasteiger partial charge in [-0.25, -0.2) is 14.4 Å². The number of hydrogen-bond donors (Lipinski definition) is 3. The Hall–Kier alpha value is -6.50. The van der Waals surface area contributed by atoms with Crippen molar-refractivity contribution in [1.29, 1.82) is 0 Å². The molecule has 0 radical (unpaired) electrons. The highest BCUT2D eigenvalue weighted by Gasteiger charge is 2.17. The number of benzene rings is 4. The van der Waals surface area contributed by atoms with Crippen molar-refractivity contribution in [1.82, 2.24) is 0 Å². The average Bonchev–Trinajstić information content (AvgIpc) is 3.57. The number of carbonyl (C=O) groups excluding carboxylic acids is 3. The summed E-state index contributed by atoms with van der Waals surface area (Å²) < 4.78 is 16.1. The minimum absolute atomic E-state index is 0.0160. The normalized spacial score (nSPS) is 9.87. The third-order valence-corrected chi connectivity index (χ3v) is 9.28. The minimum Gasteiger partial charge on any atom is -0.507 e. The molecule has 54 heavy (non-hydrogen) atoms. The zero-order valence-corrected chi connectivity index (χ0v) is 30.4. The Balaban J connectivity index is 0.000000277. The highest BCUT2D eigenvalue weighted by atomic mass is 32.9. The van der Waals surface area contributed by atoms with Gasteiger partial charge in [-0.2, -0.15) is 0 Å². The van der Waals surface area contributed by atoms with Crippen LogP contribution in [-0.4, -0.2) is 56.9 Å². The quantitative estimate of drug-likeness (QED) is 0.0209. The van der Waals surface area contributed by atoms with Crippen molar-refractivity contribution in [2.24, 2.45) is 0 Å². The number of rotatable bonds is 12. The van der Waals surface area contributed by atoms with E-state index in [-0.39, 0.29) is 53.4 Å². The number of carboxylic acids is 2. The lowest BCUT2D eigenvalue weighted by Crippen LogP contribution is -2.15. The Labute approximate surface area is 318 Å². The van der Waals surface area contributed by atoms with E-state index < -0.39 is 34.9 Å². The zero-order valence-electron chi connectivity index (χ0n) is 27.9. The number of ether oxygens (including phenoxy) is 3. The Bertz CT molecular complexity index is 2160. The predicted octanol–water partition coefficient (Wildman–Crippen LogP) is 7.72. The Morgan fingerprint density at radius 2 is 1.30 bits per heavy atom. The number of nitrogens with zero attached hydrogens (tertiary/aromatic N) is 1. The number of phenols is 1. The fourth-order valence-electron chi connectivity index (χ4n) is 4.02. The summed E-state index contributed by atoms with van der Waals surface area (Å²) in [5.74, 6) is -3.83. The van der Waals surface area contributed by atoms with Crippen molar-refractivity contribution in [2.75, 3.05) is 6.61 Å². The Kier molecular flexibility index (Phi) is 16.4. The molecule has 0 saturated heterocycles. The summed E-state index contributed by atoms with van der Waals surface area (Å²) in [5, 5.41) is 35.2. The van der Waals surface area contributed by atoms with E-state index in [4.69, 9.17) is 37.0 Å². The summed E-state index contributed by atoms with van der Waals surface area (Å²) in [6.45, 7) is 1.00. The molecule has 5 aromatic rings. The van der Waals surface area contributed by atoms with Crippen molar-refractivity contribution < 1.29 is 63.4 Å². The molecule has 4 aromatic carbocycles. The number of carboxylic acid groups (broad SMARTS) is 2. The number of aromatic carboxylic acids is 2. The standard InChI is InChI=1S/C20H15NO7S3.C9H8O4.C7H6O3/c22-18(6-3-11-26-21(24)25)28-16-5-2-1-4-15(16)20(23)27-14-9-7-13(8-10-14)17-12-19(29)31-30-17;1-6(10)13-8-5-3-2-4-7(8)9(11)12;8-6-4-2-1-3-5(6)7(9)10/h1-2,4-5,7-10,12H,3,6,11H2;2-5H,1H3,(H,11,12);1-4,8H,(H,9,10). The Morgan fingerprint density at radius 3 is 1.81 bits per heavy atom.